The monoisotopic (exact) mass is 530 g/mol. The molecule has 0 fully saturated rings. The molecule has 0 aromatic heterocycles. The predicted octanol–water partition coefficient (Wildman–Crippen LogP) is 5.73. The maximum atomic E-state index is 14.4. The van der Waals surface area contributed by atoms with Crippen molar-refractivity contribution in [3.63, 3.8) is 0 Å². The van der Waals surface area contributed by atoms with Gasteiger partial charge in [0.15, 0.2) is 0 Å². The van der Waals surface area contributed by atoms with E-state index in [0.29, 0.717) is 5.69 Å². The summed E-state index contributed by atoms with van der Waals surface area (Å²) in [6, 6.07) is 20.9. The van der Waals surface area contributed by atoms with E-state index < -0.39 is 17.6 Å². The smallest absolute Gasteiger partial charge is 0.283 e. The summed E-state index contributed by atoms with van der Waals surface area (Å²) < 4.78 is 15.4. The third-order valence-corrected chi connectivity index (χ3v) is 6.30. The third kappa shape index (κ3) is 4.13. The van der Waals surface area contributed by atoms with Gasteiger partial charge < -0.3 is 5.32 Å². The van der Waals surface area contributed by atoms with Crippen molar-refractivity contribution >= 4 is 57.5 Å². The number of nitrogens with one attached hydrogen (secondary N) is 1. The number of nitrogens with zero attached hydrogens (tertiary/aromatic N) is 1. The predicted molar refractivity (Wildman–Crippen MR) is 126 cm³/mol. The molecule has 0 spiro atoms. The zero-order valence-electron chi connectivity index (χ0n) is 15.9. The first-order valence-electron chi connectivity index (χ1n) is 9.09. The Kier molecular flexibility index (Phi) is 5.92. The van der Waals surface area contributed by atoms with E-state index in [9.17, 15) is 14.0 Å². The van der Waals surface area contributed by atoms with Crippen LogP contribution in [0, 0.1) is 16.3 Å². The zero-order chi connectivity index (χ0) is 21.3. The number of para-hydroxylation sites is 1. The van der Waals surface area contributed by atoms with E-state index in [0.717, 1.165) is 18.9 Å². The Bertz CT molecular complexity index is 1090. The number of benzene rings is 3. The number of aryl methyl sites for hydroxylation is 1. The van der Waals surface area contributed by atoms with Crippen LogP contribution >= 0.6 is 34.4 Å². The van der Waals surface area contributed by atoms with Gasteiger partial charge >= 0.3 is 0 Å². The van der Waals surface area contributed by atoms with Crippen molar-refractivity contribution in [3.8, 4) is 0 Å². The topological polar surface area (TPSA) is 49.4 Å². The number of rotatable bonds is 5. The summed E-state index contributed by atoms with van der Waals surface area (Å²) >= 11 is 3.38. The lowest BCUT2D eigenvalue weighted by molar-refractivity contribution is -0.120. The van der Waals surface area contributed by atoms with Crippen molar-refractivity contribution in [3.05, 3.63) is 98.3 Å². The second-order valence-corrected chi connectivity index (χ2v) is 8.98. The Morgan fingerprint density at radius 3 is 2.23 bits per heavy atom. The molecular formula is C23H16FIN2O2S. The first kappa shape index (κ1) is 20.6. The fraction of sp³-hybridized carbons (Fsp3) is 0.0435. The maximum absolute atomic E-state index is 14.4. The molecule has 0 bridgehead atoms. The highest BCUT2D eigenvalue weighted by Crippen LogP contribution is 2.38. The van der Waals surface area contributed by atoms with Crippen molar-refractivity contribution in [2.75, 3.05) is 10.2 Å². The molecule has 4 rings (SSSR count). The fourth-order valence-corrected chi connectivity index (χ4v) is 4.25. The number of hydrogen-bond donors (Lipinski definition) is 1. The molecule has 0 atom stereocenters. The van der Waals surface area contributed by atoms with E-state index in [4.69, 9.17) is 0 Å². The van der Waals surface area contributed by atoms with E-state index in [1.54, 1.807) is 6.07 Å². The van der Waals surface area contributed by atoms with Crippen LogP contribution in [-0.2, 0) is 9.59 Å². The summed E-state index contributed by atoms with van der Waals surface area (Å²) in [7, 11) is 0. The van der Waals surface area contributed by atoms with E-state index in [1.807, 2.05) is 55.5 Å². The van der Waals surface area contributed by atoms with Crippen molar-refractivity contribution in [2.45, 2.75) is 11.8 Å². The Labute approximate surface area is 191 Å². The first-order chi connectivity index (χ1) is 14.4. The second kappa shape index (κ2) is 8.61. The highest BCUT2D eigenvalue weighted by Gasteiger charge is 2.41. The molecular weight excluding hydrogens is 514 g/mol. The molecule has 7 heteroatoms. The molecule has 2 amide bonds. The molecule has 3 aromatic carbocycles. The molecule has 30 heavy (non-hydrogen) atoms. The van der Waals surface area contributed by atoms with Crippen molar-refractivity contribution in [1.82, 2.24) is 0 Å². The lowest BCUT2D eigenvalue weighted by Crippen LogP contribution is -2.33. The van der Waals surface area contributed by atoms with Crippen LogP contribution in [0.15, 0.2) is 88.3 Å². The summed E-state index contributed by atoms with van der Waals surface area (Å²) in [5.74, 6) is -1.77. The molecule has 3 aromatic rings. The molecule has 0 unspecified atom stereocenters. The van der Waals surface area contributed by atoms with Crippen molar-refractivity contribution in [1.29, 1.82) is 0 Å². The quantitative estimate of drug-likeness (QED) is 0.339. The lowest BCUT2D eigenvalue weighted by atomic mass is 10.2. The van der Waals surface area contributed by atoms with Gasteiger partial charge in [-0.15, -0.1) is 0 Å². The van der Waals surface area contributed by atoms with Crippen LogP contribution in [0.3, 0.4) is 0 Å². The van der Waals surface area contributed by atoms with Crippen molar-refractivity contribution < 1.29 is 14.0 Å². The lowest BCUT2D eigenvalue weighted by Gasteiger charge is -2.16. The minimum atomic E-state index is -0.630. The maximum Gasteiger partial charge on any atom is 0.283 e. The normalized spacial score (nSPS) is 13.9. The van der Waals surface area contributed by atoms with Gasteiger partial charge in [-0.2, -0.15) is 0 Å². The van der Waals surface area contributed by atoms with Gasteiger partial charge in [0.1, 0.15) is 16.4 Å². The highest BCUT2D eigenvalue weighted by atomic mass is 127. The Balaban J connectivity index is 1.75. The largest absolute Gasteiger partial charge is 0.350 e. The second-order valence-electron chi connectivity index (χ2n) is 6.65. The molecule has 0 saturated carbocycles. The number of halogens is 2. The number of hydrogen-bond acceptors (Lipinski definition) is 4. The van der Waals surface area contributed by atoms with E-state index >= 15 is 0 Å². The molecule has 0 saturated heterocycles. The molecule has 1 aliphatic rings. The summed E-state index contributed by atoms with van der Waals surface area (Å²) in [6.45, 7) is 1.97. The van der Waals surface area contributed by atoms with Gasteiger partial charge in [-0.3, -0.25) is 9.59 Å². The Morgan fingerprint density at radius 2 is 1.57 bits per heavy atom. The van der Waals surface area contributed by atoms with Crippen LogP contribution in [0.4, 0.5) is 15.8 Å². The highest BCUT2D eigenvalue weighted by molar-refractivity contribution is 14.1. The van der Waals surface area contributed by atoms with E-state index in [-0.39, 0.29) is 16.3 Å². The number of amides is 2. The average Bonchev–Trinajstić information content (AvgIpc) is 2.96. The molecule has 1 N–H and O–H groups in total. The van der Waals surface area contributed by atoms with Crippen molar-refractivity contribution in [2.24, 2.45) is 0 Å². The summed E-state index contributed by atoms with van der Waals surface area (Å²) in [4.78, 5) is 28.3. The summed E-state index contributed by atoms with van der Waals surface area (Å²) in [6.07, 6.45) is 0. The molecule has 150 valence electrons. The van der Waals surface area contributed by atoms with E-state index in [1.165, 1.54) is 30.0 Å². The standard InChI is InChI=1S/C23H16FIN2O2S/c1-14-6-12-17(13-7-14)30-21-20(26-16-10-8-15(25)9-11-16)22(28)27(23(21)29)19-5-3-2-4-18(19)24/h2-13,26H,1H3. The zero-order valence-corrected chi connectivity index (χ0v) is 18.8. The van der Waals surface area contributed by atoms with Gasteiger partial charge in [0.25, 0.3) is 11.8 Å². The minimum absolute atomic E-state index is 0.0612. The SMILES string of the molecule is Cc1ccc(SC2=C(Nc3ccc(I)cc3)C(=O)N(c3ccccc3F)C2=O)cc1. The third-order valence-electron chi connectivity index (χ3n) is 4.49. The van der Waals surface area contributed by atoms with Crippen LogP contribution in [-0.4, -0.2) is 11.8 Å². The van der Waals surface area contributed by atoms with Gasteiger partial charge in [-0.05, 0) is 78.0 Å². The Morgan fingerprint density at radius 1 is 0.900 bits per heavy atom. The molecule has 0 radical (unpaired) electrons. The Hall–Kier alpha value is -2.65. The first-order valence-corrected chi connectivity index (χ1v) is 11.0. The molecule has 0 aliphatic carbocycles. The number of imide groups is 1. The van der Waals surface area contributed by atoms with Gasteiger partial charge in [0.05, 0.1) is 5.69 Å². The van der Waals surface area contributed by atoms with Crippen LogP contribution in [0.2, 0.25) is 0 Å². The molecule has 1 heterocycles. The number of carbonyl (C=O) groups is 2. The fourth-order valence-electron chi connectivity index (χ4n) is 2.97. The van der Waals surface area contributed by atoms with Gasteiger partial charge in [0, 0.05) is 14.2 Å². The summed E-state index contributed by atoms with van der Waals surface area (Å²) in [5.41, 5.74) is 1.83. The number of carbonyl (C=O) groups excluding carboxylic acids is 2. The molecule has 1 aliphatic heterocycles. The van der Waals surface area contributed by atoms with Crippen LogP contribution in [0.5, 0.6) is 0 Å². The summed E-state index contributed by atoms with van der Waals surface area (Å²) in [5, 5.41) is 3.07. The minimum Gasteiger partial charge on any atom is -0.350 e. The average molecular weight is 530 g/mol. The van der Waals surface area contributed by atoms with Crippen LogP contribution in [0.25, 0.3) is 0 Å². The number of thioether (sulfide) groups is 1. The molecule has 4 nitrogen and oxygen atoms in total. The van der Waals surface area contributed by atoms with Gasteiger partial charge in [0.2, 0.25) is 0 Å². The van der Waals surface area contributed by atoms with Gasteiger partial charge in [-0.25, -0.2) is 9.29 Å². The van der Waals surface area contributed by atoms with E-state index in [2.05, 4.69) is 27.9 Å². The van der Waals surface area contributed by atoms with Crippen LogP contribution < -0.4 is 10.2 Å². The van der Waals surface area contributed by atoms with Crippen LogP contribution in [0.1, 0.15) is 5.56 Å². The number of anilines is 2. The van der Waals surface area contributed by atoms with Gasteiger partial charge in [-0.1, -0.05) is 41.6 Å².